The summed E-state index contributed by atoms with van der Waals surface area (Å²) in [7, 11) is 0. The van der Waals surface area contributed by atoms with Gasteiger partial charge in [0.15, 0.2) is 5.82 Å². The lowest BCUT2D eigenvalue weighted by Crippen LogP contribution is -2.47. The Morgan fingerprint density at radius 1 is 1.44 bits per heavy atom. The van der Waals surface area contributed by atoms with E-state index in [0.29, 0.717) is 18.5 Å². The van der Waals surface area contributed by atoms with E-state index in [2.05, 4.69) is 37.3 Å². The van der Waals surface area contributed by atoms with E-state index in [1.165, 1.54) is 4.90 Å². The smallest absolute Gasteiger partial charge is 0.254 e. The molecule has 2 amide bonds. The highest BCUT2D eigenvalue weighted by Gasteiger charge is 2.60. The molecule has 27 heavy (non-hydrogen) atoms. The fraction of sp³-hybridized carbons (Fsp3) is 0.278. The van der Waals surface area contributed by atoms with E-state index < -0.39 is 17.1 Å². The van der Waals surface area contributed by atoms with E-state index >= 15 is 0 Å². The van der Waals surface area contributed by atoms with Crippen LogP contribution >= 0.6 is 15.9 Å². The van der Waals surface area contributed by atoms with Gasteiger partial charge in [0.2, 0.25) is 11.9 Å². The summed E-state index contributed by atoms with van der Waals surface area (Å²) in [4.78, 5) is 33.9. The second kappa shape index (κ2) is 6.39. The van der Waals surface area contributed by atoms with Crippen LogP contribution in [0.1, 0.15) is 22.3 Å². The second-order valence-corrected chi connectivity index (χ2v) is 7.58. The average molecular weight is 430 g/mol. The number of anilines is 1. The molecule has 2 aliphatic rings. The molecule has 136 valence electrons. The number of halogens is 2. The summed E-state index contributed by atoms with van der Waals surface area (Å²) >= 11 is 3.42. The van der Waals surface area contributed by atoms with Gasteiger partial charge in [0.25, 0.3) is 5.91 Å². The SMILES string of the molecule is N#C[C@@H]1C[C@]12CN(CC(=O)Nc1ncc(F)cn1)C(=O)c1ccc(Br)cc12. The lowest BCUT2D eigenvalue weighted by molar-refractivity contribution is -0.117. The maximum absolute atomic E-state index is 12.9. The number of nitrogens with one attached hydrogen (secondary N) is 1. The minimum Gasteiger partial charge on any atom is -0.328 e. The molecule has 2 heterocycles. The van der Waals surface area contributed by atoms with Crippen molar-refractivity contribution in [2.45, 2.75) is 11.8 Å². The zero-order chi connectivity index (χ0) is 19.2. The molecule has 9 heteroatoms. The predicted octanol–water partition coefficient (Wildman–Crippen LogP) is 2.25. The van der Waals surface area contributed by atoms with Crippen molar-refractivity contribution in [1.29, 1.82) is 5.26 Å². The topological polar surface area (TPSA) is 99.0 Å². The maximum atomic E-state index is 12.9. The third-order valence-electron chi connectivity index (χ3n) is 4.95. The molecule has 1 spiro atoms. The summed E-state index contributed by atoms with van der Waals surface area (Å²) in [6, 6.07) is 7.65. The van der Waals surface area contributed by atoms with Gasteiger partial charge in [-0.2, -0.15) is 5.26 Å². The first kappa shape index (κ1) is 17.5. The van der Waals surface area contributed by atoms with Crippen LogP contribution in [0.15, 0.2) is 35.1 Å². The number of fused-ring (bicyclic) bond motifs is 2. The molecule has 1 N–H and O–H groups in total. The zero-order valence-electron chi connectivity index (χ0n) is 13.9. The summed E-state index contributed by atoms with van der Waals surface area (Å²) in [6.07, 6.45) is 2.54. The number of carbonyl (C=O) groups is 2. The van der Waals surface area contributed by atoms with Crippen molar-refractivity contribution in [2.24, 2.45) is 5.92 Å². The average Bonchev–Trinajstić information content (AvgIpc) is 3.35. The quantitative estimate of drug-likeness (QED) is 0.806. The molecule has 2 aromatic rings. The van der Waals surface area contributed by atoms with E-state index in [1.807, 2.05) is 6.07 Å². The maximum Gasteiger partial charge on any atom is 0.254 e. The van der Waals surface area contributed by atoms with Crippen LogP contribution in [0.2, 0.25) is 0 Å². The van der Waals surface area contributed by atoms with Crippen LogP contribution in [0.5, 0.6) is 0 Å². The Hall–Kier alpha value is -2.86. The number of rotatable bonds is 3. The van der Waals surface area contributed by atoms with Gasteiger partial charge in [-0.15, -0.1) is 0 Å². The molecule has 4 rings (SSSR count). The van der Waals surface area contributed by atoms with Crippen LogP contribution in [-0.2, 0) is 10.2 Å². The first-order valence-electron chi connectivity index (χ1n) is 8.19. The van der Waals surface area contributed by atoms with Gasteiger partial charge in [-0.25, -0.2) is 14.4 Å². The molecule has 1 saturated carbocycles. The molecule has 0 bridgehead atoms. The minimum absolute atomic E-state index is 0.0359. The van der Waals surface area contributed by atoms with Crippen molar-refractivity contribution in [3.63, 3.8) is 0 Å². The third kappa shape index (κ3) is 3.06. The molecule has 1 aliphatic carbocycles. The highest BCUT2D eigenvalue weighted by atomic mass is 79.9. The van der Waals surface area contributed by atoms with Crippen molar-refractivity contribution < 1.29 is 14.0 Å². The van der Waals surface area contributed by atoms with Crippen molar-refractivity contribution in [2.75, 3.05) is 18.4 Å². The number of aromatic nitrogens is 2. The Morgan fingerprint density at radius 2 is 2.19 bits per heavy atom. The Balaban J connectivity index is 1.56. The fourth-order valence-electron chi connectivity index (χ4n) is 3.57. The number of nitrogens with zero attached hydrogens (tertiary/aromatic N) is 4. The zero-order valence-corrected chi connectivity index (χ0v) is 15.5. The molecule has 1 aromatic carbocycles. The van der Waals surface area contributed by atoms with E-state index in [1.54, 1.807) is 12.1 Å². The molecule has 1 aromatic heterocycles. The first-order chi connectivity index (χ1) is 12.9. The number of nitriles is 1. The Labute approximate surface area is 162 Å². The predicted molar refractivity (Wildman–Crippen MR) is 96.1 cm³/mol. The number of amides is 2. The standard InChI is InChI=1S/C18H13BrFN5O2/c19-11-1-2-13-14(3-11)18(4-10(18)5-21)9-25(16(13)27)8-15(26)24-17-22-6-12(20)7-23-17/h1-3,6-7,10H,4,8-9H2,(H,22,23,24,26)/t10-,18-/m0/s1. The van der Waals surface area contributed by atoms with Gasteiger partial charge in [0.1, 0.15) is 6.54 Å². The molecule has 0 radical (unpaired) electrons. The highest BCUT2D eigenvalue weighted by molar-refractivity contribution is 9.10. The van der Waals surface area contributed by atoms with Gasteiger partial charge in [0, 0.05) is 22.0 Å². The summed E-state index contributed by atoms with van der Waals surface area (Å²) in [5.41, 5.74) is 0.925. The van der Waals surface area contributed by atoms with Crippen LogP contribution in [-0.4, -0.2) is 39.8 Å². The molecule has 1 aliphatic heterocycles. The Bertz CT molecular complexity index is 990. The fourth-order valence-corrected chi connectivity index (χ4v) is 3.93. The third-order valence-corrected chi connectivity index (χ3v) is 5.44. The van der Waals surface area contributed by atoms with Crippen molar-refractivity contribution in [3.8, 4) is 6.07 Å². The molecule has 7 nitrogen and oxygen atoms in total. The number of benzene rings is 1. The molecule has 0 saturated heterocycles. The van der Waals surface area contributed by atoms with Gasteiger partial charge < -0.3 is 4.90 Å². The summed E-state index contributed by atoms with van der Waals surface area (Å²) in [6.45, 7) is 0.0974. The first-order valence-corrected chi connectivity index (χ1v) is 8.98. The monoisotopic (exact) mass is 429 g/mol. The highest BCUT2D eigenvalue weighted by Crippen LogP contribution is 2.57. The van der Waals surface area contributed by atoms with E-state index in [-0.39, 0.29) is 24.3 Å². The van der Waals surface area contributed by atoms with Crippen molar-refractivity contribution in [3.05, 3.63) is 52.0 Å². The number of carbonyl (C=O) groups excluding carboxylic acids is 2. The molecule has 1 fully saturated rings. The molecular formula is C18H13BrFN5O2. The lowest BCUT2D eigenvalue weighted by atomic mass is 9.84. The van der Waals surface area contributed by atoms with Crippen LogP contribution < -0.4 is 5.32 Å². The minimum atomic E-state index is -0.611. The number of hydrogen-bond donors (Lipinski definition) is 1. The van der Waals surface area contributed by atoms with E-state index in [9.17, 15) is 19.2 Å². The van der Waals surface area contributed by atoms with E-state index in [0.717, 1.165) is 22.4 Å². The molecular weight excluding hydrogens is 417 g/mol. The lowest BCUT2D eigenvalue weighted by Gasteiger charge is -2.34. The molecule has 0 unspecified atom stereocenters. The summed E-state index contributed by atoms with van der Waals surface area (Å²) in [5, 5.41) is 11.8. The summed E-state index contributed by atoms with van der Waals surface area (Å²) < 4.78 is 13.7. The van der Waals surface area contributed by atoms with Crippen LogP contribution in [0.25, 0.3) is 0 Å². The van der Waals surface area contributed by atoms with Gasteiger partial charge in [-0.1, -0.05) is 15.9 Å². The summed E-state index contributed by atoms with van der Waals surface area (Å²) in [5.74, 6) is -1.59. The Morgan fingerprint density at radius 3 is 2.85 bits per heavy atom. The molecule has 2 atom stereocenters. The Kier molecular flexibility index (Phi) is 4.15. The number of hydrogen-bond acceptors (Lipinski definition) is 5. The van der Waals surface area contributed by atoms with Gasteiger partial charge in [-0.05, 0) is 30.2 Å². The van der Waals surface area contributed by atoms with Crippen molar-refractivity contribution in [1.82, 2.24) is 14.9 Å². The van der Waals surface area contributed by atoms with Crippen molar-refractivity contribution >= 4 is 33.7 Å². The van der Waals surface area contributed by atoms with E-state index in [4.69, 9.17) is 0 Å². The van der Waals surface area contributed by atoms with Crippen LogP contribution in [0.4, 0.5) is 10.3 Å². The van der Waals surface area contributed by atoms with Gasteiger partial charge >= 0.3 is 0 Å². The van der Waals surface area contributed by atoms with Crippen LogP contribution in [0, 0.1) is 23.1 Å². The van der Waals surface area contributed by atoms with Gasteiger partial charge in [0.05, 0.1) is 24.4 Å². The largest absolute Gasteiger partial charge is 0.328 e. The normalized spacial score (nSPS) is 22.9. The van der Waals surface area contributed by atoms with Gasteiger partial charge in [-0.3, -0.25) is 14.9 Å². The second-order valence-electron chi connectivity index (χ2n) is 6.67. The van der Waals surface area contributed by atoms with Crippen LogP contribution in [0.3, 0.4) is 0 Å².